The molecule has 1 saturated heterocycles. The number of ether oxygens (including phenoxy) is 2. The summed E-state index contributed by atoms with van der Waals surface area (Å²) < 4.78 is 10.6. The van der Waals surface area contributed by atoms with Crippen LogP contribution < -0.4 is 10.2 Å². The van der Waals surface area contributed by atoms with Gasteiger partial charge in [0.1, 0.15) is 11.8 Å². The average molecular weight is 354 g/mol. The minimum atomic E-state index is -0.427. The first-order valence-electron chi connectivity index (χ1n) is 8.46. The van der Waals surface area contributed by atoms with Crippen LogP contribution in [-0.2, 0) is 9.53 Å². The van der Waals surface area contributed by atoms with Gasteiger partial charge >= 0.3 is 0 Å². The maximum atomic E-state index is 12.8. The molecule has 7 nitrogen and oxygen atoms in total. The van der Waals surface area contributed by atoms with Gasteiger partial charge < -0.3 is 9.47 Å². The number of rotatable bonds is 6. The van der Waals surface area contributed by atoms with Crippen LogP contribution in [0.1, 0.15) is 17.2 Å². The number of carbonyl (C=O) groups excluding carboxylic acids is 1. The lowest BCUT2D eigenvalue weighted by Crippen LogP contribution is -2.44. The minimum Gasteiger partial charge on any atom is -0.497 e. The average Bonchev–Trinajstić information content (AvgIpc) is 2.70. The van der Waals surface area contributed by atoms with E-state index in [9.17, 15) is 4.79 Å². The van der Waals surface area contributed by atoms with Gasteiger partial charge in [0.15, 0.2) is 0 Å². The molecule has 2 heterocycles. The van der Waals surface area contributed by atoms with Crippen molar-refractivity contribution in [3.63, 3.8) is 0 Å². The molecule has 1 fully saturated rings. The fourth-order valence-electron chi connectivity index (χ4n) is 2.86. The second kappa shape index (κ2) is 9.07. The summed E-state index contributed by atoms with van der Waals surface area (Å²) >= 11 is 0. The molecular formula is C19H22N4O3. The summed E-state index contributed by atoms with van der Waals surface area (Å²) in [6.07, 6.45) is 4.98. The molecule has 1 aromatic carbocycles. The highest BCUT2D eigenvalue weighted by Crippen LogP contribution is 2.21. The molecule has 2 aromatic rings. The van der Waals surface area contributed by atoms with Crippen LogP contribution in [0.2, 0.25) is 0 Å². The number of hydrazone groups is 1. The summed E-state index contributed by atoms with van der Waals surface area (Å²) in [5, 5.41) is 4.10. The van der Waals surface area contributed by atoms with Crippen LogP contribution in [0.15, 0.2) is 53.9 Å². The first-order chi connectivity index (χ1) is 12.8. The van der Waals surface area contributed by atoms with Gasteiger partial charge in [-0.3, -0.25) is 14.7 Å². The molecule has 1 aliphatic heterocycles. The number of aromatic nitrogens is 1. The van der Waals surface area contributed by atoms with Gasteiger partial charge in [0, 0.05) is 25.5 Å². The van der Waals surface area contributed by atoms with Crippen molar-refractivity contribution in [3.8, 4) is 5.75 Å². The molecule has 1 amide bonds. The molecule has 0 spiro atoms. The van der Waals surface area contributed by atoms with Gasteiger partial charge in [-0.2, -0.15) is 5.10 Å². The quantitative estimate of drug-likeness (QED) is 0.630. The van der Waals surface area contributed by atoms with Gasteiger partial charge in [0.25, 0.3) is 5.91 Å². The summed E-state index contributed by atoms with van der Waals surface area (Å²) in [6, 6.07) is 10.7. The second-order valence-corrected chi connectivity index (χ2v) is 5.84. The van der Waals surface area contributed by atoms with Crippen LogP contribution in [0, 0.1) is 0 Å². The number of pyridine rings is 1. The van der Waals surface area contributed by atoms with Crippen molar-refractivity contribution in [2.24, 2.45) is 5.10 Å². The molecule has 136 valence electrons. The van der Waals surface area contributed by atoms with Crippen molar-refractivity contribution in [2.45, 2.75) is 6.04 Å². The van der Waals surface area contributed by atoms with Crippen molar-refractivity contribution in [3.05, 3.63) is 59.9 Å². The van der Waals surface area contributed by atoms with Crippen molar-refractivity contribution in [1.29, 1.82) is 0 Å². The normalized spacial score (nSPS) is 16.3. The summed E-state index contributed by atoms with van der Waals surface area (Å²) in [4.78, 5) is 18.9. The van der Waals surface area contributed by atoms with E-state index in [1.807, 2.05) is 36.4 Å². The molecule has 26 heavy (non-hydrogen) atoms. The molecule has 0 unspecified atom stereocenters. The first-order valence-corrected chi connectivity index (χ1v) is 8.46. The van der Waals surface area contributed by atoms with Gasteiger partial charge in [0.2, 0.25) is 0 Å². The van der Waals surface area contributed by atoms with E-state index in [1.165, 1.54) is 0 Å². The molecule has 0 radical (unpaired) electrons. The van der Waals surface area contributed by atoms with Crippen LogP contribution in [0.4, 0.5) is 0 Å². The highest BCUT2D eigenvalue weighted by molar-refractivity contribution is 5.86. The zero-order chi connectivity index (χ0) is 18.2. The Balaban J connectivity index is 1.71. The van der Waals surface area contributed by atoms with Crippen molar-refractivity contribution >= 4 is 12.1 Å². The SMILES string of the molecule is COc1cccc(/C=N\NC(=O)[C@@H](c2ccncc2)N2CCOCC2)c1. The molecule has 0 saturated carbocycles. The highest BCUT2D eigenvalue weighted by Gasteiger charge is 2.28. The van der Waals surface area contributed by atoms with E-state index in [0.29, 0.717) is 26.3 Å². The lowest BCUT2D eigenvalue weighted by molar-refractivity contribution is -0.128. The third-order valence-corrected chi connectivity index (χ3v) is 4.16. The summed E-state index contributed by atoms with van der Waals surface area (Å²) in [7, 11) is 1.61. The molecule has 1 atom stereocenters. The summed E-state index contributed by atoms with van der Waals surface area (Å²) in [5.74, 6) is 0.556. The number of benzene rings is 1. The van der Waals surface area contributed by atoms with Crippen molar-refractivity contribution < 1.29 is 14.3 Å². The number of morpholine rings is 1. The van der Waals surface area contributed by atoms with E-state index in [1.54, 1.807) is 25.7 Å². The third-order valence-electron chi connectivity index (χ3n) is 4.16. The Hall–Kier alpha value is -2.77. The topological polar surface area (TPSA) is 76.0 Å². The fraction of sp³-hybridized carbons (Fsp3) is 0.316. The van der Waals surface area contributed by atoms with Crippen LogP contribution in [0.25, 0.3) is 0 Å². The Kier molecular flexibility index (Phi) is 6.29. The highest BCUT2D eigenvalue weighted by atomic mass is 16.5. The standard InChI is InChI=1S/C19H22N4O3/c1-25-17-4-2-3-15(13-17)14-21-22-19(24)18(16-5-7-20-8-6-16)23-9-11-26-12-10-23/h2-8,13-14,18H,9-12H2,1H3,(H,22,24)/b21-14-/t18-/m1/s1. The molecule has 0 aliphatic carbocycles. The van der Waals surface area contributed by atoms with E-state index in [0.717, 1.165) is 16.9 Å². The Labute approximate surface area is 152 Å². The number of nitrogens with one attached hydrogen (secondary N) is 1. The van der Waals surface area contributed by atoms with E-state index >= 15 is 0 Å². The molecule has 3 rings (SSSR count). The molecule has 1 N–H and O–H groups in total. The molecule has 1 aliphatic rings. The number of hydrogen-bond donors (Lipinski definition) is 1. The Morgan fingerprint density at radius 2 is 2.08 bits per heavy atom. The molecular weight excluding hydrogens is 332 g/mol. The smallest absolute Gasteiger partial charge is 0.262 e. The number of amides is 1. The Morgan fingerprint density at radius 3 is 2.81 bits per heavy atom. The van der Waals surface area contributed by atoms with Crippen LogP contribution >= 0.6 is 0 Å². The third kappa shape index (κ3) is 4.65. The van der Waals surface area contributed by atoms with Gasteiger partial charge in [-0.05, 0) is 35.4 Å². The Bertz CT molecular complexity index is 745. The predicted molar refractivity (Wildman–Crippen MR) is 98.1 cm³/mol. The zero-order valence-electron chi connectivity index (χ0n) is 14.7. The summed E-state index contributed by atoms with van der Waals surface area (Å²) in [5.41, 5.74) is 4.38. The first kappa shape index (κ1) is 18.0. The van der Waals surface area contributed by atoms with Gasteiger partial charge in [0.05, 0.1) is 26.5 Å². The van der Waals surface area contributed by atoms with Crippen LogP contribution in [0.3, 0.4) is 0 Å². The zero-order valence-corrected chi connectivity index (χ0v) is 14.7. The lowest BCUT2D eigenvalue weighted by Gasteiger charge is -2.33. The number of carbonyl (C=O) groups is 1. The summed E-state index contributed by atoms with van der Waals surface area (Å²) in [6.45, 7) is 2.61. The predicted octanol–water partition coefficient (Wildman–Crippen LogP) is 1.61. The fourth-order valence-corrected chi connectivity index (χ4v) is 2.86. The van der Waals surface area contributed by atoms with Crippen LogP contribution in [-0.4, -0.2) is 55.4 Å². The van der Waals surface area contributed by atoms with E-state index in [2.05, 4.69) is 20.4 Å². The largest absolute Gasteiger partial charge is 0.497 e. The van der Waals surface area contributed by atoms with Crippen molar-refractivity contribution in [2.75, 3.05) is 33.4 Å². The minimum absolute atomic E-state index is 0.183. The molecule has 7 heteroatoms. The Morgan fingerprint density at radius 1 is 1.31 bits per heavy atom. The molecule has 1 aromatic heterocycles. The van der Waals surface area contributed by atoms with E-state index in [-0.39, 0.29) is 5.91 Å². The van der Waals surface area contributed by atoms with Gasteiger partial charge in [-0.15, -0.1) is 0 Å². The molecule has 0 bridgehead atoms. The number of methoxy groups -OCH3 is 1. The van der Waals surface area contributed by atoms with Gasteiger partial charge in [-0.25, -0.2) is 5.43 Å². The van der Waals surface area contributed by atoms with Crippen LogP contribution in [0.5, 0.6) is 5.75 Å². The maximum absolute atomic E-state index is 12.8. The lowest BCUT2D eigenvalue weighted by atomic mass is 10.1. The van der Waals surface area contributed by atoms with E-state index < -0.39 is 6.04 Å². The second-order valence-electron chi connectivity index (χ2n) is 5.84. The van der Waals surface area contributed by atoms with Gasteiger partial charge in [-0.1, -0.05) is 12.1 Å². The van der Waals surface area contributed by atoms with Crippen molar-refractivity contribution in [1.82, 2.24) is 15.3 Å². The monoisotopic (exact) mass is 354 g/mol. The van der Waals surface area contributed by atoms with E-state index in [4.69, 9.17) is 9.47 Å². The number of nitrogens with zero attached hydrogens (tertiary/aromatic N) is 3. The number of hydrogen-bond acceptors (Lipinski definition) is 6. The maximum Gasteiger partial charge on any atom is 0.262 e.